The van der Waals surface area contributed by atoms with E-state index in [0.717, 1.165) is 5.56 Å². The van der Waals surface area contributed by atoms with Crippen LogP contribution in [-0.4, -0.2) is 12.3 Å². The first-order valence-corrected chi connectivity index (χ1v) is 9.20. The van der Waals surface area contributed by atoms with Gasteiger partial charge in [0.15, 0.2) is 0 Å². The first kappa shape index (κ1) is 21.4. The zero-order valence-corrected chi connectivity index (χ0v) is 16.0. The van der Waals surface area contributed by atoms with Gasteiger partial charge in [-0.3, -0.25) is 4.79 Å². The summed E-state index contributed by atoms with van der Waals surface area (Å²) < 4.78 is 54.9. The van der Waals surface area contributed by atoms with E-state index in [1.165, 1.54) is 30.3 Å². The lowest BCUT2D eigenvalue weighted by Gasteiger charge is -2.14. The lowest BCUT2D eigenvalue weighted by molar-refractivity contribution is -0.274. The fourth-order valence-electron chi connectivity index (χ4n) is 2.96. The number of hydrogen-bond donors (Lipinski definition) is 1. The maximum Gasteiger partial charge on any atom is 0.573 e. The molecular weight excluding hydrogens is 398 g/mol. The summed E-state index contributed by atoms with van der Waals surface area (Å²) in [6, 6.07) is 19.0. The number of rotatable bonds is 6. The maximum atomic E-state index is 14.5. The molecule has 1 atom stereocenters. The van der Waals surface area contributed by atoms with Crippen molar-refractivity contribution in [1.82, 2.24) is 5.32 Å². The SMILES string of the molecule is C[C@@H](C(=O)NCc1ccc(OC(F)(F)F)cc1)c1ccc(-c2ccccc2)c(F)c1. The third-order valence-electron chi connectivity index (χ3n) is 4.59. The number of amides is 1. The molecule has 0 aliphatic heterocycles. The van der Waals surface area contributed by atoms with Gasteiger partial charge in [-0.05, 0) is 41.8 Å². The van der Waals surface area contributed by atoms with E-state index in [9.17, 15) is 22.4 Å². The van der Waals surface area contributed by atoms with Gasteiger partial charge in [0.25, 0.3) is 0 Å². The molecule has 0 saturated heterocycles. The van der Waals surface area contributed by atoms with Crippen LogP contribution < -0.4 is 10.1 Å². The molecule has 3 aromatic rings. The Labute approximate surface area is 171 Å². The maximum absolute atomic E-state index is 14.5. The molecule has 0 aromatic heterocycles. The van der Waals surface area contributed by atoms with E-state index in [4.69, 9.17) is 0 Å². The summed E-state index contributed by atoms with van der Waals surface area (Å²) in [6.07, 6.45) is -4.75. The van der Waals surface area contributed by atoms with Gasteiger partial charge in [0.05, 0.1) is 5.92 Å². The molecule has 0 fully saturated rings. The Bertz CT molecular complexity index is 1000. The van der Waals surface area contributed by atoms with Gasteiger partial charge in [0.1, 0.15) is 11.6 Å². The van der Waals surface area contributed by atoms with Crippen LogP contribution in [0, 0.1) is 5.82 Å². The van der Waals surface area contributed by atoms with Crippen molar-refractivity contribution in [2.24, 2.45) is 0 Å². The number of halogens is 4. The summed E-state index contributed by atoms with van der Waals surface area (Å²) in [5, 5.41) is 2.71. The molecule has 0 saturated carbocycles. The molecule has 3 rings (SSSR count). The van der Waals surface area contributed by atoms with E-state index < -0.39 is 18.1 Å². The zero-order valence-electron chi connectivity index (χ0n) is 16.0. The van der Waals surface area contributed by atoms with E-state index in [2.05, 4.69) is 10.1 Å². The van der Waals surface area contributed by atoms with Crippen LogP contribution >= 0.6 is 0 Å². The smallest absolute Gasteiger partial charge is 0.406 e. The van der Waals surface area contributed by atoms with Crippen LogP contribution in [0.3, 0.4) is 0 Å². The number of alkyl halides is 3. The first-order chi connectivity index (χ1) is 14.2. The quantitative estimate of drug-likeness (QED) is 0.514. The van der Waals surface area contributed by atoms with Crippen LogP contribution in [0.4, 0.5) is 17.6 Å². The standard InChI is InChI=1S/C23H19F4NO2/c1-15(18-9-12-20(21(24)13-18)17-5-3-2-4-6-17)22(29)28-14-16-7-10-19(11-8-16)30-23(25,26)27/h2-13,15H,14H2,1H3,(H,28,29)/t15-/m1/s1. The summed E-state index contributed by atoms with van der Waals surface area (Å²) >= 11 is 0. The summed E-state index contributed by atoms with van der Waals surface area (Å²) in [5.41, 5.74) is 2.33. The van der Waals surface area contributed by atoms with Gasteiger partial charge >= 0.3 is 6.36 Å². The number of carbonyl (C=O) groups is 1. The third-order valence-corrected chi connectivity index (χ3v) is 4.59. The Kier molecular flexibility index (Phi) is 6.40. The predicted molar refractivity (Wildman–Crippen MR) is 105 cm³/mol. The average Bonchev–Trinajstić information content (AvgIpc) is 2.72. The molecule has 0 aliphatic carbocycles. The topological polar surface area (TPSA) is 38.3 Å². The van der Waals surface area contributed by atoms with Crippen molar-refractivity contribution in [2.75, 3.05) is 0 Å². The van der Waals surface area contributed by atoms with E-state index in [0.29, 0.717) is 16.7 Å². The Balaban J connectivity index is 1.61. The molecule has 3 nitrogen and oxygen atoms in total. The highest BCUT2D eigenvalue weighted by Gasteiger charge is 2.30. The highest BCUT2D eigenvalue weighted by molar-refractivity contribution is 5.83. The minimum atomic E-state index is -4.75. The van der Waals surface area contributed by atoms with Crippen molar-refractivity contribution in [3.05, 3.63) is 89.7 Å². The fourth-order valence-corrected chi connectivity index (χ4v) is 2.96. The van der Waals surface area contributed by atoms with Crippen molar-refractivity contribution < 1.29 is 27.1 Å². The lowest BCUT2D eigenvalue weighted by Crippen LogP contribution is -2.27. The van der Waals surface area contributed by atoms with Crippen molar-refractivity contribution in [1.29, 1.82) is 0 Å². The summed E-state index contributed by atoms with van der Waals surface area (Å²) in [7, 11) is 0. The number of ether oxygens (including phenoxy) is 1. The fraction of sp³-hybridized carbons (Fsp3) is 0.174. The number of hydrogen-bond acceptors (Lipinski definition) is 2. The summed E-state index contributed by atoms with van der Waals surface area (Å²) in [5.74, 6) is -1.67. The lowest BCUT2D eigenvalue weighted by atomic mass is 9.96. The second kappa shape index (κ2) is 8.98. The molecule has 0 unspecified atom stereocenters. The van der Waals surface area contributed by atoms with Gasteiger partial charge in [-0.25, -0.2) is 4.39 Å². The molecule has 1 N–H and O–H groups in total. The van der Waals surface area contributed by atoms with Crippen molar-refractivity contribution in [3.63, 3.8) is 0 Å². The minimum absolute atomic E-state index is 0.125. The number of carbonyl (C=O) groups excluding carboxylic acids is 1. The van der Waals surface area contributed by atoms with Gasteiger partial charge in [0, 0.05) is 12.1 Å². The average molecular weight is 417 g/mol. The minimum Gasteiger partial charge on any atom is -0.406 e. The largest absolute Gasteiger partial charge is 0.573 e. The van der Waals surface area contributed by atoms with E-state index in [-0.39, 0.29) is 18.2 Å². The van der Waals surface area contributed by atoms with Gasteiger partial charge in [-0.2, -0.15) is 0 Å². The van der Waals surface area contributed by atoms with E-state index in [1.807, 2.05) is 18.2 Å². The second-order valence-corrected chi connectivity index (χ2v) is 6.74. The van der Waals surface area contributed by atoms with Crippen molar-refractivity contribution in [2.45, 2.75) is 25.7 Å². The molecule has 0 radical (unpaired) electrons. The highest BCUT2D eigenvalue weighted by atomic mass is 19.4. The van der Waals surface area contributed by atoms with Crippen LogP contribution in [0.5, 0.6) is 5.75 Å². The van der Waals surface area contributed by atoms with Crippen LogP contribution in [0.1, 0.15) is 24.0 Å². The molecule has 0 aliphatic rings. The van der Waals surface area contributed by atoms with Crippen molar-refractivity contribution >= 4 is 5.91 Å². The van der Waals surface area contributed by atoms with E-state index in [1.54, 1.807) is 31.2 Å². The molecule has 3 aromatic carbocycles. The van der Waals surface area contributed by atoms with Gasteiger partial charge < -0.3 is 10.1 Å². The normalized spacial score (nSPS) is 12.3. The van der Waals surface area contributed by atoms with Crippen molar-refractivity contribution in [3.8, 4) is 16.9 Å². The molecule has 156 valence electrons. The van der Waals surface area contributed by atoms with Gasteiger partial charge in [-0.1, -0.05) is 54.6 Å². The number of nitrogens with one attached hydrogen (secondary N) is 1. The Hall–Kier alpha value is -3.35. The second-order valence-electron chi connectivity index (χ2n) is 6.74. The third kappa shape index (κ3) is 5.59. The number of benzene rings is 3. The molecule has 1 amide bonds. The zero-order chi connectivity index (χ0) is 21.7. The Morgan fingerprint density at radius 2 is 1.67 bits per heavy atom. The summed E-state index contributed by atoms with van der Waals surface area (Å²) in [6.45, 7) is 1.78. The highest BCUT2D eigenvalue weighted by Crippen LogP contribution is 2.26. The van der Waals surface area contributed by atoms with Crippen LogP contribution in [0.15, 0.2) is 72.8 Å². The van der Waals surface area contributed by atoms with Crippen LogP contribution in [0.25, 0.3) is 11.1 Å². The predicted octanol–water partition coefficient (Wildman–Crippen LogP) is 5.81. The molecule has 0 heterocycles. The monoisotopic (exact) mass is 417 g/mol. The Morgan fingerprint density at radius 3 is 2.27 bits per heavy atom. The van der Waals surface area contributed by atoms with Crippen LogP contribution in [0.2, 0.25) is 0 Å². The molecular formula is C23H19F4NO2. The Morgan fingerprint density at radius 1 is 1.00 bits per heavy atom. The molecule has 0 spiro atoms. The summed E-state index contributed by atoms with van der Waals surface area (Å²) in [4.78, 5) is 12.4. The molecule has 7 heteroatoms. The van der Waals surface area contributed by atoms with Gasteiger partial charge in [0.2, 0.25) is 5.91 Å². The molecule has 0 bridgehead atoms. The molecule has 30 heavy (non-hydrogen) atoms. The van der Waals surface area contributed by atoms with E-state index >= 15 is 0 Å². The van der Waals surface area contributed by atoms with Gasteiger partial charge in [-0.15, -0.1) is 13.2 Å². The first-order valence-electron chi connectivity index (χ1n) is 9.20. The van der Waals surface area contributed by atoms with Crippen LogP contribution in [-0.2, 0) is 11.3 Å².